The van der Waals surface area contributed by atoms with Crippen molar-refractivity contribution in [3.05, 3.63) is 16.1 Å². The first-order chi connectivity index (χ1) is 8.26. The summed E-state index contributed by atoms with van der Waals surface area (Å²) < 4.78 is 4.88. The molecule has 0 N–H and O–H groups in total. The molecule has 0 saturated carbocycles. The molecule has 1 rings (SSSR count). The Morgan fingerprint density at radius 3 is 2.88 bits per heavy atom. The molecule has 96 valence electrons. The summed E-state index contributed by atoms with van der Waals surface area (Å²) in [6, 6.07) is 0. The Bertz CT molecular complexity index is 336. The summed E-state index contributed by atoms with van der Waals surface area (Å²) in [7, 11) is 0. The third-order valence-electron chi connectivity index (χ3n) is 2.42. The van der Waals surface area contributed by atoms with E-state index >= 15 is 0 Å². The van der Waals surface area contributed by atoms with Gasteiger partial charge in [0.05, 0.1) is 11.6 Å². The second-order valence-electron chi connectivity index (χ2n) is 3.98. The standard InChI is InChI=1S/C13H21NO2S/c1-3-7-12-14-10-11(17-12)8-5-6-9-13(15)16-4-2/h10H,3-9H2,1-2H3. The zero-order chi connectivity index (χ0) is 12.5. The van der Waals surface area contributed by atoms with E-state index in [4.69, 9.17) is 4.74 Å². The number of hydrogen-bond acceptors (Lipinski definition) is 4. The largest absolute Gasteiger partial charge is 0.466 e. The van der Waals surface area contributed by atoms with Gasteiger partial charge in [0.1, 0.15) is 0 Å². The molecular weight excluding hydrogens is 234 g/mol. The van der Waals surface area contributed by atoms with Crippen molar-refractivity contribution < 1.29 is 9.53 Å². The lowest BCUT2D eigenvalue weighted by Crippen LogP contribution is -2.03. The number of hydrogen-bond donors (Lipinski definition) is 0. The zero-order valence-corrected chi connectivity index (χ0v) is 11.5. The molecule has 1 heterocycles. The van der Waals surface area contributed by atoms with Crippen LogP contribution in [0.25, 0.3) is 0 Å². The first-order valence-corrected chi connectivity index (χ1v) is 7.17. The summed E-state index contributed by atoms with van der Waals surface area (Å²) >= 11 is 1.80. The van der Waals surface area contributed by atoms with Gasteiger partial charge >= 0.3 is 5.97 Å². The van der Waals surface area contributed by atoms with Crippen LogP contribution < -0.4 is 0 Å². The highest BCUT2D eigenvalue weighted by atomic mass is 32.1. The van der Waals surface area contributed by atoms with Gasteiger partial charge in [-0.3, -0.25) is 4.79 Å². The van der Waals surface area contributed by atoms with Crippen LogP contribution in [0.5, 0.6) is 0 Å². The van der Waals surface area contributed by atoms with Crippen LogP contribution in [-0.4, -0.2) is 17.6 Å². The van der Waals surface area contributed by atoms with Gasteiger partial charge in [0.25, 0.3) is 0 Å². The number of ether oxygens (including phenoxy) is 1. The van der Waals surface area contributed by atoms with E-state index in [2.05, 4.69) is 11.9 Å². The van der Waals surface area contributed by atoms with Crippen molar-refractivity contribution in [1.29, 1.82) is 0 Å². The minimum Gasteiger partial charge on any atom is -0.466 e. The molecule has 0 unspecified atom stereocenters. The minimum atomic E-state index is -0.0801. The number of thiazole rings is 1. The average Bonchev–Trinajstić information content (AvgIpc) is 2.73. The van der Waals surface area contributed by atoms with Crippen LogP contribution in [0.2, 0.25) is 0 Å². The second kappa shape index (κ2) is 8.23. The monoisotopic (exact) mass is 255 g/mol. The van der Waals surface area contributed by atoms with Crippen molar-refractivity contribution in [2.45, 2.75) is 52.4 Å². The normalized spacial score (nSPS) is 10.5. The van der Waals surface area contributed by atoms with Crippen molar-refractivity contribution in [3.63, 3.8) is 0 Å². The van der Waals surface area contributed by atoms with E-state index in [1.54, 1.807) is 11.3 Å². The lowest BCUT2D eigenvalue weighted by molar-refractivity contribution is -0.143. The Morgan fingerprint density at radius 1 is 1.35 bits per heavy atom. The number of aryl methyl sites for hydroxylation is 2. The molecule has 0 amide bonds. The maximum Gasteiger partial charge on any atom is 0.305 e. The highest BCUT2D eigenvalue weighted by Gasteiger charge is 2.03. The van der Waals surface area contributed by atoms with Crippen molar-refractivity contribution >= 4 is 17.3 Å². The molecule has 3 nitrogen and oxygen atoms in total. The number of unbranched alkanes of at least 4 members (excludes halogenated alkanes) is 1. The van der Waals surface area contributed by atoms with Gasteiger partial charge in [-0.05, 0) is 39.0 Å². The van der Waals surface area contributed by atoms with Crippen LogP contribution in [0, 0.1) is 0 Å². The van der Waals surface area contributed by atoms with E-state index < -0.39 is 0 Å². The van der Waals surface area contributed by atoms with E-state index in [0.29, 0.717) is 13.0 Å². The molecule has 0 atom stereocenters. The molecule has 17 heavy (non-hydrogen) atoms. The fraction of sp³-hybridized carbons (Fsp3) is 0.692. The fourth-order valence-electron chi connectivity index (χ4n) is 1.59. The molecule has 4 heteroatoms. The Hall–Kier alpha value is -0.900. The predicted octanol–water partition coefficient (Wildman–Crippen LogP) is 3.37. The summed E-state index contributed by atoms with van der Waals surface area (Å²) in [5, 5.41) is 1.23. The van der Waals surface area contributed by atoms with Crippen molar-refractivity contribution in [1.82, 2.24) is 4.98 Å². The molecule has 1 aromatic rings. The second-order valence-corrected chi connectivity index (χ2v) is 5.18. The third kappa shape index (κ3) is 5.82. The number of rotatable bonds is 8. The number of esters is 1. The summed E-state index contributed by atoms with van der Waals surface area (Å²) in [4.78, 5) is 16.8. The van der Waals surface area contributed by atoms with E-state index in [-0.39, 0.29) is 5.97 Å². The van der Waals surface area contributed by atoms with E-state index in [1.165, 1.54) is 9.88 Å². The van der Waals surface area contributed by atoms with Crippen LogP contribution in [-0.2, 0) is 22.4 Å². The van der Waals surface area contributed by atoms with Gasteiger partial charge in [-0.25, -0.2) is 4.98 Å². The van der Waals surface area contributed by atoms with E-state index in [0.717, 1.165) is 32.1 Å². The topological polar surface area (TPSA) is 39.2 Å². The summed E-state index contributed by atoms with van der Waals surface area (Å²) in [5.74, 6) is -0.0801. The number of carbonyl (C=O) groups excluding carboxylic acids is 1. The van der Waals surface area contributed by atoms with Crippen LogP contribution >= 0.6 is 11.3 Å². The zero-order valence-electron chi connectivity index (χ0n) is 10.7. The van der Waals surface area contributed by atoms with Gasteiger partial charge in [-0.1, -0.05) is 6.92 Å². The van der Waals surface area contributed by atoms with Crippen LogP contribution in [0.4, 0.5) is 0 Å². The van der Waals surface area contributed by atoms with Crippen LogP contribution in [0.15, 0.2) is 6.20 Å². The van der Waals surface area contributed by atoms with Gasteiger partial charge in [-0.2, -0.15) is 0 Å². The SMILES string of the molecule is CCCc1ncc(CCCCC(=O)OCC)s1. The first kappa shape index (κ1) is 14.2. The van der Waals surface area contributed by atoms with Crippen molar-refractivity contribution in [2.24, 2.45) is 0 Å². The lowest BCUT2D eigenvalue weighted by atomic mass is 10.2. The molecule has 0 aromatic carbocycles. The maximum absolute atomic E-state index is 11.1. The van der Waals surface area contributed by atoms with Gasteiger partial charge < -0.3 is 4.74 Å². The number of aromatic nitrogens is 1. The minimum absolute atomic E-state index is 0.0801. The molecule has 0 aliphatic heterocycles. The Kier molecular flexibility index (Phi) is 6.86. The average molecular weight is 255 g/mol. The fourth-order valence-corrected chi connectivity index (χ4v) is 2.66. The maximum atomic E-state index is 11.1. The summed E-state index contributed by atoms with van der Waals surface area (Å²) in [5.41, 5.74) is 0. The molecule has 0 saturated heterocycles. The van der Waals surface area contributed by atoms with Gasteiger partial charge in [0, 0.05) is 17.5 Å². The molecule has 0 bridgehead atoms. The van der Waals surface area contributed by atoms with E-state index in [1.807, 2.05) is 13.1 Å². The summed E-state index contributed by atoms with van der Waals surface area (Å²) in [6.07, 6.45) is 7.70. The highest BCUT2D eigenvalue weighted by Crippen LogP contribution is 2.17. The molecule has 0 fully saturated rings. The van der Waals surface area contributed by atoms with Crippen LogP contribution in [0.3, 0.4) is 0 Å². The van der Waals surface area contributed by atoms with Gasteiger partial charge in [0.2, 0.25) is 0 Å². The first-order valence-electron chi connectivity index (χ1n) is 6.35. The van der Waals surface area contributed by atoms with Crippen molar-refractivity contribution in [2.75, 3.05) is 6.61 Å². The molecule has 0 spiro atoms. The highest BCUT2D eigenvalue weighted by molar-refractivity contribution is 7.11. The Labute approximate surface area is 107 Å². The Balaban J connectivity index is 2.15. The smallest absolute Gasteiger partial charge is 0.305 e. The van der Waals surface area contributed by atoms with Crippen molar-refractivity contribution in [3.8, 4) is 0 Å². The van der Waals surface area contributed by atoms with Gasteiger partial charge in [0.15, 0.2) is 0 Å². The number of nitrogens with zero attached hydrogens (tertiary/aromatic N) is 1. The molecule has 0 aliphatic rings. The molecular formula is C13H21NO2S. The van der Waals surface area contributed by atoms with Crippen LogP contribution in [0.1, 0.15) is 49.4 Å². The summed E-state index contributed by atoms with van der Waals surface area (Å²) in [6.45, 7) is 4.49. The van der Waals surface area contributed by atoms with E-state index in [9.17, 15) is 4.79 Å². The molecule has 0 aliphatic carbocycles. The lowest BCUT2D eigenvalue weighted by Gasteiger charge is -2.00. The predicted molar refractivity (Wildman–Crippen MR) is 70.3 cm³/mol. The molecule has 0 radical (unpaired) electrons. The Morgan fingerprint density at radius 2 is 2.18 bits per heavy atom. The van der Waals surface area contributed by atoms with Gasteiger partial charge in [-0.15, -0.1) is 11.3 Å². The molecule has 1 aromatic heterocycles. The quantitative estimate of drug-likeness (QED) is 0.528. The third-order valence-corrected chi connectivity index (χ3v) is 3.54. The number of carbonyl (C=O) groups is 1.